The Bertz CT molecular complexity index is 379. The summed E-state index contributed by atoms with van der Waals surface area (Å²) in [6.07, 6.45) is 0.236. The van der Waals surface area contributed by atoms with Gasteiger partial charge in [-0.3, -0.25) is 5.41 Å². The number of amidine groups is 1. The van der Waals surface area contributed by atoms with E-state index >= 15 is 0 Å². The number of ether oxygens (including phenoxy) is 1. The minimum absolute atomic E-state index is 0.0151. The van der Waals surface area contributed by atoms with Gasteiger partial charge < -0.3 is 15.4 Å². The molecule has 3 N–H and O–H groups in total. The SMILES string of the molecule is CC(C)OCCN(C)c1cccc(C(=N)N)n1. The van der Waals surface area contributed by atoms with Crippen molar-refractivity contribution in [3.63, 3.8) is 0 Å². The van der Waals surface area contributed by atoms with E-state index in [-0.39, 0.29) is 11.9 Å². The molecule has 0 atom stereocenters. The highest BCUT2D eigenvalue weighted by Gasteiger charge is 2.05. The van der Waals surface area contributed by atoms with Gasteiger partial charge in [-0.05, 0) is 26.0 Å². The van der Waals surface area contributed by atoms with Gasteiger partial charge in [0.25, 0.3) is 0 Å². The summed E-state index contributed by atoms with van der Waals surface area (Å²) in [6, 6.07) is 5.46. The summed E-state index contributed by atoms with van der Waals surface area (Å²) in [5.41, 5.74) is 5.90. The van der Waals surface area contributed by atoms with Crippen molar-refractivity contribution in [2.75, 3.05) is 25.1 Å². The lowest BCUT2D eigenvalue weighted by Crippen LogP contribution is -2.25. The van der Waals surface area contributed by atoms with Gasteiger partial charge in [-0.25, -0.2) is 4.98 Å². The van der Waals surface area contributed by atoms with Crippen molar-refractivity contribution in [2.45, 2.75) is 20.0 Å². The van der Waals surface area contributed by atoms with Gasteiger partial charge in [0.15, 0.2) is 0 Å². The van der Waals surface area contributed by atoms with Gasteiger partial charge in [-0.2, -0.15) is 0 Å². The van der Waals surface area contributed by atoms with E-state index in [0.29, 0.717) is 12.3 Å². The number of aromatic nitrogens is 1. The van der Waals surface area contributed by atoms with Gasteiger partial charge in [0, 0.05) is 13.6 Å². The quantitative estimate of drug-likeness (QED) is 0.575. The molecular weight excluding hydrogens is 216 g/mol. The third-order valence-corrected chi connectivity index (χ3v) is 2.28. The Morgan fingerprint density at radius 2 is 2.24 bits per heavy atom. The number of hydrogen-bond donors (Lipinski definition) is 2. The van der Waals surface area contributed by atoms with Crippen molar-refractivity contribution >= 4 is 11.7 Å². The highest BCUT2D eigenvalue weighted by molar-refractivity contribution is 5.93. The smallest absolute Gasteiger partial charge is 0.141 e. The Balaban J connectivity index is 2.59. The van der Waals surface area contributed by atoms with Gasteiger partial charge in [0.05, 0.1) is 12.7 Å². The number of anilines is 1. The molecule has 0 aromatic carbocycles. The average molecular weight is 236 g/mol. The second-order valence-electron chi connectivity index (χ2n) is 4.14. The van der Waals surface area contributed by atoms with Crippen LogP contribution in [0.15, 0.2) is 18.2 Å². The average Bonchev–Trinajstić information content (AvgIpc) is 2.28. The van der Waals surface area contributed by atoms with Gasteiger partial charge in [-0.1, -0.05) is 6.07 Å². The second kappa shape index (κ2) is 6.20. The van der Waals surface area contributed by atoms with Crippen molar-refractivity contribution in [3.8, 4) is 0 Å². The molecule has 0 aliphatic rings. The van der Waals surface area contributed by atoms with Crippen LogP contribution in [0.1, 0.15) is 19.5 Å². The standard InChI is InChI=1S/C12H20N4O/c1-9(2)17-8-7-16(3)11-6-4-5-10(15-11)12(13)14/h4-6,9H,7-8H2,1-3H3,(H3,13,14). The van der Waals surface area contributed by atoms with E-state index in [4.69, 9.17) is 15.9 Å². The lowest BCUT2D eigenvalue weighted by molar-refractivity contribution is 0.0845. The van der Waals surface area contributed by atoms with Crippen molar-refractivity contribution in [3.05, 3.63) is 23.9 Å². The van der Waals surface area contributed by atoms with Crippen LogP contribution in [0.2, 0.25) is 0 Å². The van der Waals surface area contributed by atoms with Crippen molar-refractivity contribution in [1.82, 2.24) is 4.98 Å². The molecule has 0 amide bonds. The van der Waals surface area contributed by atoms with E-state index < -0.39 is 0 Å². The first kappa shape index (κ1) is 13.4. The monoisotopic (exact) mass is 236 g/mol. The lowest BCUT2D eigenvalue weighted by atomic mass is 10.3. The van der Waals surface area contributed by atoms with Crippen LogP contribution in [0, 0.1) is 5.41 Å². The van der Waals surface area contributed by atoms with Crippen molar-refractivity contribution < 1.29 is 4.74 Å². The molecule has 94 valence electrons. The number of likely N-dealkylation sites (N-methyl/N-ethyl adjacent to an activating group) is 1. The van der Waals surface area contributed by atoms with E-state index in [0.717, 1.165) is 12.4 Å². The predicted octanol–water partition coefficient (Wildman–Crippen LogP) is 1.23. The molecule has 0 unspecified atom stereocenters. The van der Waals surface area contributed by atoms with Gasteiger partial charge in [0.1, 0.15) is 17.3 Å². The van der Waals surface area contributed by atoms with Crippen LogP contribution in [0.25, 0.3) is 0 Å². The Labute approximate surface area is 102 Å². The minimum Gasteiger partial charge on any atom is -0.382 e. The maximum Gasteiger partial charge on any atom is 0.141 e. The van der Waals surface area contributed by atoms with Gasteiger partial charge in [-0.15, -0.1) is 0 Å². The number of pyridine rings is 1. The molecule has 5 heteroatoms. The molecule has 0 spiro atoms. The third kappa shape index (κ3) is 4.40. The van der Waals surface area contributed by atoms with Crippen LogP contribution >= 0.6 is 0 Å². The van der Waals surface area contributed by atoms with Crippen LogP contribution in [-0.2, 0) is 4.74 Å². The number of nitrogens with two attached hydrogens (primary N) is 1. The molecule has 0 saturated carbocycles. The molecule has 0 bridgehead atoms. The van der Waals surface area contributed by atoms with Gasteiger partial charge >= 0.3 is 0 Å². The zero-order valence-corrected chi connectivity index (χ0v) is 10.6. The zero-order valence-electron chi connectivity index (χ0n) is 10.6. The Kier molecular flexibility index (Phi) is 4.90. The summed E-state index contributed by atoms with van der Waals surface area (Å²) in [4.78, 5) is 6.27. The first-order chi connectivity index (χ1) is 8.00. The molecule has 1 heterocycles. The first-order valence-electron chi connectivity index (χ1n) is 5.65. The summed E-state index contributed by atoms with van der Waals surface area (Å²) in [6.45, 7) is 5.43. The van der Waals surface area contributed by atoms with E-state index in [1.165, 1.54) is 0 Å². The Hall–Kier alpha value is -1.62. The van der Waals surface area contributed by atoms with E-state index in [2.05, 4.69) is 4.98 Å². The van der Waals surface area contributed by atoms with Crippen LogP contribution in [-0.4, -0.2) is 37.1 Å². The second-order valence-corrected chi connectivity index (χ2v) is 4.14. The predicted molar refractivity (Wildman–Crippen MR) is 69.6 cm³/mol. The van der Waals surface area contributed by atoms with Crippen LogP contribution in [0.5, 0.6) is 0 Å². The van der Waals surface area contributed by atoms with Gasteiger partial charge in [0.2, 0.25) is 0 Å². The molecule has 1 aromatic heterocycles. The maximum absolute atomic E-state index is 7.34. The normalized spacial score (nSPS) is 10.6. The number of nitrogen functional groups attached to an aromatic ring is 1. The molecule has 0 aliphatic heterocycles. The summed E-state index contributed by atoms with van der Waals surface area (Å²) in [5, 5.41) is 7.34. The fourth-order valence-electron chi connectivity index (χ4n) is 1.33. The molecule has 0 fully saturated rings. The van der Waals surface area contributed by atoms with E-state index in [9.17, 15) is 0 Å². The Morgan fingerprint density at radius 1 is 1.53 bits per heavy atom. The fraction of sp³-hybridized carbons (Fsp3) is 0.500. The lowest BCUT2D eigenvalue weighted by Gasteiger charge is -2.19. The molecule has 17 heavy (non-hydrogen) atoms. The molecule has 1 aromatic rings. The number of rotatable bonds is 6. The summed E-state index contributed by atoms with van der Waals surface area (Å²) in [7, 11) is 1.94. The third-order valence-electron chi connectivity index (χ3n) is 2.28. The van der Waals surface area contributed by atoms with E-state index in [1.54, 1.807) is 6.07 Å². The fourth-order valence-corrected chi connectivity index (χ4v) is 1.33. The van der Waals surface area contributed by atoms with Crippen LogP contribution in [0.3, 0.4) is 0 Å². The molecule has 0 saturated heterocycles. The highest BCUT2D eigenvalue weighted by Crippen LogP contribution is 2.09. The molecule has 0 aliphatic carbocycles. The largest absolute Gasteiger partial charge is 0.382 e. The minimum atomic E-state index is -0.0151. The highest BCUT2D eigenvalue weighted by atomic mass is 16.5. The number of hydrogen-bond acceptors (Lipinski definition) is 4. The van der Waals surface area contributed by atoms with Crippen molar-refractivity contribution in [1.29, 1.82) is 5.41 Å². The van der Waals surface area contributed by atoms with Crippen molar-refractivity contribution in [2.24, 2.45) is 5.73 Å². The number of nitrogens with one attached hydrogen (secondary N) is 1. The molecule has 1 rings (SSSR count). The summed E-state index contributed by atoms with van der Waals surface area (Å²) < 4.78 is 5.48. The first-order valence-corrected chi connectivity index (χ1v) is 5.65. The molecule has 0 radical (unpaired) electrons. The Morgan fingerprint density at radius 3 is 2.82 bits per heavy atom. The number of nitrogens with zero attached hydrogens (tertiary/aromatic N) is 2. The molecule has 5 nitrogen and oxygen atoms in total. The maximum atomic E-state index is 7.34. The van der Waals surface area contributed by atoms with Crippen LogP contribution in [0.4, 0.5) is 5.82 Å². The van der Waals surface area contributed by atoms with Crippen LogP contribution < -0.4 is 10.6 Å². The van der Waals surface area contributed by atoms with E-state index in [1.807, 2.05) is 37.9 Å². The summed E-state index contributed by atoms with van der Waals surface area (Å²) >= 11 is 0. The topological polar surface area (TPSA) is 75.2 Å². The zero-order chi connectivity index (χ0) is 12.8. The summed E-state index contributed by atoms with van der Waals surface area (Å²) in [5.74, 6) is 0.781. The molecular formula is C12H20N4O.